The number of carbonyl (C=O) groups is 1. The maximum absolute atomic E-state index is 12.2. The van der Waals surface area contributed by atoms with Crippen molar-refractivity contribution in [2.24, 2.45) is 0 Å². The van der Waals surface area contributed by atoms with Crippen molar-refractivity contribution in [2.45, 2.75) is 6.54 Å². The highest BCUT2D eigenvalue weighted by Crippen LogP contribution is 2.31. The Morgan fingerprint density at radius 3 is 2.42 bits per heavy atom. The Hall–Kier alpha value is -2.51. The van der Waals surface area contributed by atoms with Gasteiger partial charge in [0.15, 0.2) is 12.4 Å². The van der Waals surface area contributed by atoms with Crippen molar-refractivity contribution in [2.75, 3.05) is 20.8 Å². The molecule has 0 aliphatic rings. The molecule has 2 aromatic carbocycles. The first-order chi connectivity index (χ1) is 12.3. The second-order valence-corrected chi connectivity index (χ2v) is 6.28. The highest BCUT2D eigenvalue weighted by atomic mass is 35.5. The number of hydrogen-bond donors (Lipinski definition) is 0. The summed E-state index contributed by atoms with van der Waals surface area (Å²) in [5.74, 6) is -0.0418. The van der Waals surface area contributed by atoms with Gasteiger partial charge in [0.25, 0.3) is 5.91 Å². The molecule has 0 aromatic heterocycles. The fraction of sp³-hybridized carbons (Fsp3) is 0.235. The summed E-state index contributed by atoms with van der Waals surface area (Å²) >= 11 is 11.9. The second kappa shape index (κ2) is 8.73. The third-order valence-electron chi connectivity index (χ3n) is 3.48. The van der Waals surface area contributed by atoms with E-state index in [9.17, 15) is 14.9 Å². The van der Waals surface area contributed by atoms with Crippen molar-refractivity contribution in [3.8, 4) is 11.5 Å². The van der Waals surface area contributed by atoms with Crippen LogP contribution in [0.2, 0.25) is 10.0 Å². The minimum atomic E-state index is -0.597. The molecule has 0 heterocycles. The SMILES string of the molecule is COc1ccc(OCC(=O)N(C)Cc2cc(Cl)cc(Cl)c2)c([N+](=O)[O-])c1. The van der Waals surface area contributed by atoms with E-state index in [2.05, 4.69) is 0 Å². The van der Waals surface area contributed by atoms with Crippen LogP contribution < -0.4 is 9.47 Å². The molecule has 0 spiro atoms. The lowest BCUT2D eigenvalue weighted by atomic mass is 10.2. The predicted octanol–water partition coefficient (Wildman–Crippen LogP) is 3.95. The number of halogens is 2. The first-order valence-corrected chi connectivity index (χ1v) is 8.20. The minimum Gasteiger partial charge on any atom is -0.496 e. The summed E-state index contributed by atoms with van der Waals surface area (Å²) in [6.07, 6.45) is 0. The molecule has 7 nitrogen and oxygen atoms in total. The predicted molar refractivity (Wildman–Crippen MR) is 98.1 cm³/mol. The molecule has 0 saturated heterocycles. The molecule has 0 unspecified atom stereocenters. The van der Waals surface area contributed by atoms with Crippen LogP contribution in [0.4, 0.5) is 5.69 Å². The summed E-state index contributed by atoms with van der Waals surface area (Å²) in [6, 6.07) is 9.14. The zero-order valence-corrected chi connectivity index (χ0v) is 15.6. The quantitative estimate of drug-likeness (QED) is 0.520. The number of nitro groups is 1. The lowest BCUT2D eigenvalue weighted by molar-refractivity contribution is -0.385. The maximum atomic E-state index is 12.2. The van der Waals surface area contributed by atoms with Crippen molar-refractivity contribution in [3.63, 3.8) is 0 Å². The van der Waals surface area contributed by atoms with Gasteiger partial charge in [0.1, 0.15) is 5.75 Å². The van der Waals surface area contributed by atoms with E-state index in [1.807, 2.05) is 0 Å². The van der Waals surface area contributed by atoms with Crippen LogP contribution in [0.5, 0.6) is 11.5 Å². The molecule has 0 fully saturated rings. The average Bonchev–Trinajstić information content (AvgIpc) is 2.58. The summed E-state index contributed by atoms with van der Waals surface area (Å²) in [7, 11) is 2.99. The van der Waals surface area contributed by atoms with Crippen LogP contribution in [0, 0.1) is 10.1 Å². The molecule has 0 radical (unpaired) electrons. The molecule has 0 atom stereocenters. The van der Waals surface area contributed by atoms with Crippen LogP contribution in [-0.4, -0.2) is 36.5 Å². The Labute approximate surface area is 160 Å². The smallest absolute Gasteiger partial charge is 0.314 e. The first-order valence-electron chi connectivity index (χ1n) is 7.44. The van der Waals surface area contributed by atoms with Crippen molar-refractivity contribution < 1.29 is 19.2 Å². The first kappa shape index (κ1) is 19.8. The van der Waals surface area contributed by atoms with E-state index in [-0.39, 0.29) is 30.5 Å². The number of ether oxygens (including phenoxy) is 2. The normalized spacial score (nSPS) is 10.3. The van der Waals surface area contributed by atoms with Gasteiger partial charge in [-0.25, -0.2) is 0 Å². The summed E-state index contributed by atoms with van der Waals surface area (Å²) in [4.78, 5) is 24.2. The van der Waals surface area contributed by atoms with Crippen molar-refractivity contribution in [1.29, 1.82) is 0 Å². The standard InChI is InChI=1S/C17H16Cl2N2O5/c1-20(9-11-5-12(18)7-13(19)6-11)17(22)10-26-16-4-3-14(25-2)8-15(16)21(23)24/h3-8H,9-10H2,1-2H3. The molecular formula is C17H16Cl2N2O5. The third kappa shape index (κ3) is 5.24. The molecular weight excluding hydrogens is 383 g/mol. The topological polar surface area (TPSA) is 81.9 Å². The van der Waals surface area contributed by atoms with Gasteiger partial charge in [-0.15, -0.1) is 0 Å². The van der Waals surface area contributed by atoms with E-state index in [1.54, 1.807) is 25.2 Å². The molecule has 0 aliphatic heterocycles. The number of nitrogens with zero attached hydrogens (tertiary/aromatic N) is 2. The molecule has 0 saturated carbocycles. The number of carbonyl (C=O) groups excluding carboxylic acids is 1. The lowest BCUT2D eigenvalue weighted by Crippen LogP contribution is -2.31. The van der Waals surface area contributed by atoms with E-state index < -0.39 is 4.92 Å². The van der Waals surface area contributed by atoms with Crippen LogP contribution in [0.15, 0.2) is 36.4 Å². The fourth-order valence-corrected chi connectivity index (χ4v) is 2.77. The number of hydrogen-bond acceptors (Lipinski definition) is 5. The number of rotatable bonds is 7. The monoisotopic (exact) mass is 398 g/mol. The van der Waals surface area contributed by atoms with Crippen molar-refractivity contribution in [3.05, 3.63) is 62.1 Å². The fourth-order valence-electron chi connectivity index (χ4n) is 2.20. The van der Waals surface area contributed by atoms with Gasteiger partial charge >= 0.3 is 5.69 Å². The number of nitro benzene ring substituents is 1. The van der Waals surface area contributed by atoms with Gasteiger partial charge in [-0.3, -0.25) is 14.9 Å². The van der Waals surface area contributed by atoms with Gasteiger partial charge in [-0.2, -0.15) is 0 Å². The van der Waals surface area contributed by atoms with E-state index in [0.717, 1.165) is 5.56 Å². The maximum Gasteiger partial charge on any atom is 0.314 e. The van der Waals surface area contributed by atoms with Crippen molar-refractivity contribution in [1.82, 2.24) is 4.90 Å². The molecule has 1 amide bonds. The highest BCUT2D eigenvalue weighted by molar-refractivity contribution is 6.34. The number of amides is 1. The van der Waals surface area contributed by atoms with E-state index in [1.165, 1.54) is 30.2 Å². The molecule has 0 aliphatic carbocycles. The van der Waals surface area contributed by atoms with E-state index >= 15 is 0 Å². The van der Waals surface area contributed by atoms with Gasteiger partial charge in [0, 0.05) is 23.6 Å². The van der Waals surface area contributed by atoms with Crippen LogP contribution >= 0.6 is 23.2 Å². The molecule has 2 rings (SSSR count). The van der Waals surface area contributed by atoms with Gasteiger partial charge < -0.3 is 14.4 Å². The van der Waals surface area contributed by atoms with Crippen LogP contribution in [0.25, 0.3) is 0 Å². The molecule has 0 N–H and O–H groups in total. The van der Waals surface area contributed by atoms with Crippen molar-refractivity contribution >= 4 is 34.8 Å². The van der Waals surface area contributed by atoms with Crippen LogP contribution in [0.1, 0.15) is 5.56 Å². The van der Waals surface area contributed by atoms with Gasteiger partial charge in [0.05, 0.1) is 18.1 Å². The Balaban J connectivity index is 2.02. The molecule has 9 heteroatoms. The summed E-state index contributed by atoms with van der Waals surface area (Å²) < 4.78 is 10.3. The lowest BCUT2D eigenvalue weighted by Gasteiger charge is -2.18. The summed E-state index contributed by atoms with van der Waals surface area (Å²) in [5, 5.41) is 12.1. The van der Waals surface area contributed by atoms with Gasteiger partial charge in [-0.1, -0.05) is 23.2 Å². The van der Waals surface area contributed by atoms with Crippen LogP contribution in [-0.2, 0) is 11.3 Å². The highest BCUT2D eigenvalue weighted by Gasteiger charge is 2.19. The Bertz CT molecular complexity index is 809. The van der Waals surface area contributed by atoms with Gasteiger partial charge in [-0.05, 0) is 35.9 Å². The minimum absolute atomic E-state index is 0.0108. The zero-order valence-electron chi connectivity index (χ0n) is 14.1. The largest absolute Gasteiger partial charge is 0.496 e. The number of likely N-dealkylation sites (N-methyl/N-ethyl adjacent to an activating group) is 1. The Kier molecular flexibility index (Phi) is 6.65. The zero-order chi connectivity index (χ0) is 19.3. The Morgan fingerprint density at radius 2 is 1.85 bits per heavy atom. The average molecular weight is 399 g/mol. The van der Waals surface area contributed by atoms with E-state index in [4.69, 9.17) is 32.7 Å². The molecule has 2 aromatic rings. The molecule has 0 bridgehead atoms. The second-order valence-electron chi connectivity index (χ2n) is 5.41. The number of benzene rings is 2. The summed E-state index contributed by atoms with van der Waals surface area (Å²) in [5.41, 5.74) is 0.482. The summed E-state index contributed by atoms with van der Waals surface area (Å²) in [6.45, 7) is -0.0782. The van der Waals surface area contributed by atoms with E-state index in [0.29, 0.717) is 15.8 Å². The van der Waals surface area contributed by atoms with Crippen LogP contribution in [0.3, 0.4) is 0 Å². The van der Waals surface area contributed by atoms with Gasteiger partial charge in [0.2, 0.25) is 0 Å². The molecule has 26 heavy (non-hydrogen) atoms. The number of methoxy groups -OCH3 is 1. The molecule has 138 valence electrons. The third-order valence-corrected chi connectivity index (χ3v) is 3.92. The Morgan fingerprint density at radius 1 is 1.19 bits per heavy atom.